The van der Waals surface area contributed by atoms with Gasteiger partial charge in [0.2, 0.25) is 0 Å². The van der Waals surface area contributed by atoms with Gasteiger partial charge >= 0.3 is 0 Å². The minimum absolute atomic E-state index is 0. The van der Waals surface area contributed by atoms with Crippen molar-refractivity contribution in [3.63, 3.8) is 0 Å². The van der Waals surface area contributed by atoms with E-state index in [0.29, 0.717) is 6.04 Å². The molecule has 2 N–H and O–H groups in total. The maximum atomic E-state index is 5.25. The number of nitrogens with zero attached hydrogens (tertiary/aromatic N) is 3. The first-order valence-electron chi connectivity index (χ1n) is 10.8. The van der Waals surface area contributed by atoms with Crippen LogP contribution < -0.4 is 20.3 Å². The van der Waals surface area contributed by atoms with Crippen LogP contribution in [-0.4, -0.2) is 81.8 Å². The first-order chi connectivity index (χ1) is 14.2. The van der Waals surface area contributed by atoms with Gasteiger partial charge in [-0.2, -0.15) is 11.8 Å². The minimum atomic E-state index is 0. The van der Waals surface area contributed by atoms with Gasteiger partial charge in [-0.1, -0.05) is 0 Å². The van der Waals surface area contributed by atoms with Crippen molar-refractivity contribution in [3.05, 3.63) is 24.3 Å². The van der Waals surface area contributed by atoms with E-state index in [1.807, 2.05) is 30.9 Å². The first-order valence-corrected chi connectivity index (χ1v) is 12.1. The molecule has 1 aromatic rings. The predicted molar refractivity (Wildman–Crippen MR) is 141 cm³/mol. The van der Waals surface area contributed by atoms with Gasteiger partial charge in [-0.15, -0.1) is 24.0 Å². The van der Waals surface area contributed by atoms with Crippen molar-refractivity contribution in [2.75, 3.05) is 64.6 Å². The van der Waals surface area contributed by atoms with E-state index in [9.17, 15) is 0 Å². The third-order valence-electron chi connectivity index (χ3n) is 6.04. The molecule has 1 saturated carbocycles. The Morgan fingerprint density at radius 3 is 2.50 bits per heavy atom. The van der Waals surface area contributed by atoms with Crippen molar-refractivity contribution in [1.29, 1.82) is 0 Å². The topological polar surface area (TPSA) is 52.1 Å². The number of ether oxygens (including phenoxy) is 1. The Morgan fingerprint density at radius 2 is 1.90 bits per heavy atom. The molecule has 1 heterocycles. The summed E-state index contributed by atoms with van der Waals surface area (Å²) in [6.45, 7) is 6.52. The van der Waals surface area contributed by atoms with Gasteiger partial charge in [-0.3, -0.25) is 9.89 Å². The van der Waals surface area contributed by atoms with Gasteiger partial charge in [-0.05, 0) is 62.7 Å². The Balaban J connectivity index is 0.00000320. The quantitative estimate of drug-likeness (QED) is 0.226. The van der Waals surface area contributed by atoms with Gasteiger partial charge in [0.1, 0.15) is 5.75 Å². The number of hydrogen-bond donors (Lipinski definition) is 2. The number of benzene rings is 1. The van der Waals surface area contributed by atoms with Crippen molar-refractivity contribution in [3.8, 4) is 5.75 Å². The van der Waals surface area contributed by atoms with Gasteiger partial charge in [0, 0.05) is 56.8 Å². The van der Waals surface area contributed by atoms with Crippen LogP contribution in [0.15, 0.2) is 29.3 Å². The smallest absolute Gasteiger partial charge is 0.191 e. The van der Waals surface area contributed by atoms with Crippen LogP contribution in [0.5, 0.6) is 5.75 Å². The molecule has 1 aromatic carbocycles. The lowest BCUT2D eigenvalue weighted by molar-refractivity contribution is 0.255. The monoisotopic (exact) mass is 547 g/mol. The number of nitrogens with one attached hydrogen (secondary N) is 2. The Labute approximate surface area is 203 Å². The molecule has 2 atom stereocenters. The second-order valence-electron chi connectivity index (χ2n) is 7.89. The van der Waals surface area contributed by atoms with Crippen LogP contribution in [0.25, 0.3) is 0 Å². The van der Waals surface area contributed by atoms with E-state index in [1.165, 1.54) is 24.9 Å². The summed E-state index contributed by atoms with van der Waals surface area (Å²) in [5.74, 6) is 1.88. The number of guanidine groups is 1. The van der Waals surface area contributed by atoms with Crippen molar-refractivity contribution in [1.82, 2.24) is 15.5 Å². The fraction of sp³-hybridized carbons (Fsp3) is 0.682. The molecule has 0 bridgehead atoms. The van der Waals surface area contributed by atoms with Crippen LogP contribution in [0.2, 0.25) is 0 Å². The highest BCUT2D eigenvalue weighted by molar-refractivity contribution is 14.0. The van der Waals surface area contributed by atoms with Crippen LogP contribution in [0.1, 0.15) is 25.7 Å². The maximum Gasteiger partial charge on any atom is 0.191 e. The van der Waals surface area contributed by atoms with Crippen LogP contribution in [0.4, 0.5) is 5.69 Å². The summed E-state index contributed by atoms with van der Waals surface area (Å²) in [6, 6.07) is 8.97. The molecule has 6 nitrogen and oxygen atoms in total. The third-order valence-corrected chi connectivity index (χ3v) is 7.13. The van der Waals surface area contributed by atoms with E-state index in [-0.39, 0.29) is 24.0 Å². The zero-order chi connectivity index (χ0) is 20.5. The maximum absolute atomic E-state index is 5.25. The fourth-order valence-electron chi connectivity index (χ4n) is 4.21. The lowest BCUT2D eigenvalue weighted by Gasteiger charge is -2.36. The molecule has 1 saturated heterocycles. The van der Waals surface area contributed by atoms with Crippen LogP contribution in [0, 0.1) is 0 Å². The van der Waals surface area contributed by atoms with Crippen LogP contribution >= 0.6 is 35.7 Å². The molecule has 8 heteroatoms. The summed E-state index contributed by atoms with van der Waals surface area (Å²) >= 11 is 1.99. The predicted octanol–water partition coefficient (Wildman–Crippen LogP) is 3.27. The Kier molecular flexibility index (Phi) is 11.4. The van der Waals surface area contributed by atoms with Crippen molar-refractivity contribution in [2.45, 2.75) is 37.0 Å². The highest BCUT2D eigenvalue weighted by Gasteiger charge is 2.24. The van der Waals surface area contributed by atoms with E-state index in [2.05, 4.69) is 43.8 Å². The van der Waals surface area contributed by atoms with Gasteiger partial charge < -0.3 is 20.3 Å². The Bertz CT molecular complexity index is 637. The van der Waals surface area contributed by atoms with E-state index in [4.69, 9.17) is 4.74 Å². The molecule has 170 valence electrons. The molecule has 0 spiro atoms. The zero-order valence-electron chi connectivity index (χ0n) is 18.6. The lowest BCUT2D eigenvalue weighted by Crippen LogP contribution is -2.47. The number of thioether (sulfide) groups is 1. The molecule has 30 heavy (non-hydrogen) atoms. The number of hydrogen-bond acceptors (Lipinski definition) is 5. The summed E-state index contributed by atoms with van der Waals surface area (Å²) in [5, 5.41) is 7.90. The molecule has 0 radical (unpaired) electrons. The molecule has 0 amide bonds. The van der Waals surface area contributed by atoms with E-state index < -0.39 is 0 Å². The Hall–Kier alpha value is -0.870. The number of aliphatic imine (C=N–C) groups is 1. The molecule has 2 fully saturated rings. The highest BCUT2D eigenvalue weighted by atomic mass is 127. The number of rotatable bonds is 8. The van der Waals surface area contributed by atoms with Crippen molar-refractivity contribution < 1.29 is 4.74 Å². The normalized spacial score (nSPS) is 22.5. The molecular formula is C22H38IN5OS. The molecule has 0 aromatic heterocycles. The number of piperazine rings is 1. The lowest BCUT2D eigenvalue weighted by atomic mass is 10.2. The molecule has 1 aliphatic carbocycles. The van der Waals surface area contributed by atoms with Crippen LogP contribution in [-0.2, 0) is 0 Å². The summed E-state index contributed by atoms with van der Waals surface area (Å²) in [6.07, 6.45) is 7.18. The summed E-state index contributed by atoms with van der Waals surface area (Å²) in [5.41, 5.74) is 1.29. The van der Waals surface area contributed by atoms with Gasteiger partial charge in [0.15, 0.2) is 5.96 Å². The van der Waals surface area contributed by atoms with Crippen LogP contribution in [0.3, 0.4) is 0 Å². The number of anilines is 1. The average Bonchev–Trinajstić information content (AvgIpc) is 3.24. The second kappa shape index (κ2) is 13.5. The largest absolute Gasteiger partial charge is 0.497 e. The highest BCUT2D eigenvalue weighted by Crippen LogP contribution is 2.28. The average molecular weight is 548 g/mol. The summed E-state index contributed by atoms with van der Waals surface area (Å²) < 4.78 is 5.25. The molecule has 2 aliphatic rings. The van der Waals surface area contributed by atoms with Gasteiger partial charge in [-0.25, -0.2) is 0 Å². The summed E-state index contributed by atoms with van der Waals surface area (Å²) in [7, 11) is 3.58. The third kappa shape index (κ3) is 7.67. The minimum Gasteiger partial charge on any atom is -0.497 e. The SMILES string of the molecule is CN=C(NCCCN1CCN(c2ccc(OC)cc2)CC1)NC1CCC(SC)C1.I. The number of methoxy groups -OCH3 is 1. The standard InChI is InChI=1S/C22H37N5OS.HI/c1-23-22(25-18-5-10-21(17-18)29-3)24-11-4-12-26-13-15-27(16-14-26)19-6-8-20(28-2)9-7-19;/h6-9,18,21H,4-5,10-17H2,1-3H3,(H2,23,24,25);1H. The van der Waals surface area contributed by atoms with Gasteiger partial charge in [0.25, 0.3) is 0 Å². The summed E-state index contributed by atoms with van der Waals surface area (Å²) in [4.78, 5) is 9.43. The van der Waals surface area contributed by atoms with E-state index in [1.54, 1.807) is 7.11 Å². The van der Waals surface area contributed by atoms with E-state index in [0.717, 1.165) is 62.6 Å². The van der Waals surface area contributed by atoms with E-state index >= 15 is 0 Å². The molecule has 3 rings (SSSR count). The Morgan fingerprint density at radius 1 is 1.17 bits per heavy atom. The van der Waals surface area contributed by atoms with Gasteiger partial charge in [0.05, 0.1) is 7.11 Å². The van der Waals surface area contributed by atoms with Crippen molar-refractivity contribution >= 4 is 47.4 Å². The molecule has 2 unspecified atom stereocenters. The molecule has 1 aliphatic heterocycles. The second-order valence-corrected chi connectivity index (χ2v) is 9.03. The first kappa shape index (κ1) is 25.4. The molecular weight excluding hydrogens is 509 g/mol. The van der Waals surface area contributed by atoms with Crippen molar-refractivity contribution in [2.24, 2.45) is 4.99 Å². The number of halogens is 1. The fourth-order valence-corrected chi connectivity index (χ4v) is 5.00. The zero-order valence-corrected chi connectivity index (χ0v) is 21.7.